The van der Waals surface area contributed by atoms with E-state index >= 15 is 0 Å². The Balaban J connectivity index is 1.72. The van der Waals surface area contributed by atoms with Gasteiger partial charge in [0.15, 0.2) is 5.71 Å². The summed E-state index contributed by atoms with van der Waals surface area (Å²) in [5.74, 6) is -2.19. The van der Waals surface area contributed by atoms with Crippen LogP contribution in [0.15, 0.2) is 69.9 Å². The molecule has 0 spiro atoms. The molecule has 2 aromatic rings. The molecule has 29 heavy (non-hydrogen) atoms. The van der Waals surface area contributed by atoms with Gasteiger partial charge in [0.2, 0.25) is 6.04 Å². The van der Waals surface area contributed by atoms with E-state index in [1.165, 1.54) is 24.3 Å². The summed E-state index contributed by atoms with van der Waals surface area (Å²) in [5, 5.41) is 33.1. The molecular weight excluding hydrogens is 376 g/mol. The standard InChI is InChI=1S/C19H14N6O4/c20-10-15-17(19(29)25(24-15)14-4-2-1-3-5-14)23-22-13-8-6-12(7-9-13)18(28)21-11-16(26)27/h1-9,17H,11H2,(H,21,28)(H,26,27). The van der Waals surface area contributed by atoms with Gasteiger partial charge in [0.1, 0.15) is 12.6 Å². The van der Waals surface area contributed by atoms with Crippen molar-refractivity contribution in [1.29, 1.82) is 5.26 Å². The number of hydrogen-bond acceptors (Lipinski definition) is 7. The fourth-order valence-corrected chi connectivity index (χ4v) is 2.45. The highest BCUT2D eigenvalue weighted by Gasteiger charge is 2.37. The lowest BCUT2D eigenvalue weighted by molar-refractivity contribution is -0.135. The smallest absolute Gasteiger partial charge is 0.322 e. The number of azo groups is 1. The first-order valence-corrected chi connectivity index (χ1v) is 8.38. The monoisotopic (exact) mass is 390 g/mol. The average Bonchev–Trinajstić information content (AvgIpc) is 3.07. The lowest BCUT2D eigenvalue weighted by Gasteiger charge is -2.11. The number of rotatable bonds is 6. The van der Waals surface area contributed by atoms with Gasteiger partial charge < -0.3 is 10.4 Å². The van der Waals surface area contributed by atoms with Crippen molar-refractivity contribution >= 4 is 34.9 Å². The normalized spacial score (nSPS) is 15.8. The molecule has 1 heterocycles. The number of nitrogens with one attached hydrogen (secondary N) is 1. The van der Waals surface area contributed by atoms with E-state index in [4.69, 9.17) is 5.11 Å². The van der Waals surface area contributed by atoms with Gasteiger partial charge in [-0.25, -0.2) is 0 Å². The van der Waals surface area contributed by atoms with E-state index in [9.17, 15) is 19.6 Å². The Morgan fingerprint density at radius 3 is 2.48 bits per heavy atom. The Bertz CT molecular complexity index is 1040. The second kappa shape index (κ2) is 8.53. The minimum atomic E-state index is -1.15. The lowest BCUT2D eigenvalue weighted by Crippen LogP contribution is -2.30. The van der Waals surface area contributed by atoms with Crippen LogP contribution in [0.2, 0.25) is 0 Å². The number of aliphatic carboxylic acids is 1. The Morgan fingerprint density at radius 1 is 1.17 bits per heavy atom. The van der Waals surface area contributed by atoms with Gasteiger partial charge >= 0.3 is 5.97 Å². The molecule has 0 saturated carbocycles. The molecule has 0 aliphatic carbocycles. The lowest BCUT2D eigenvalue weighted by atomic mass is 10.2. The second-order valence-corrected chi connectivity index (χ2v) is 5.82. The van der Waals surface area contributed by atoms with Crippen LogP contribution >= 0.6 is 0 Å². The van der Waals surface area contributed by atoms with E-state index in [0.29, 0.717) is 11.4 Å². The largest absolute Gasteiger partial charge is 0.480 e. The van der Waals surface area contributed by atoms with Crippen LogP contribution in [0.25, 0.3) is 0 Å². The summed E-state index contributed by atoms with van der Waals surface area (Å²) in [5.41, 5.74) is 1.03. The van der Waals surface area contributed by atoms with Crippen molar-refractivity contribution in [2.75, 3.05) is 11.6 Å². The zero-order chi connectivity index (χ0) is 20.8. The zero-order valence-corrected chi connectivity index (χ0v) is 14.9. The van der Waals surface area contributed by atoms with Gasteiger partial charge in [0.25, 0.3) is 11.8 Å². The van der Waals surface area contributed by atoms with E-state index in [1.807, 2.05) is 6.07 Å². The van der Waals surface area contributed by atoms with Crippen LogP contribution in [0, 0.1) is 11.3 Å². The summed E-state index contributed by atoms with van der Waals surface area (Å²) in [4.78, 5) is 34.9. The molecule has 1 unspecified atom stereocenters. The maximum atomic E-state index is 12.6. The van der Waals surface area contributed by atoms with Crippen LogP contribution in [0.3, 0.4) is 0 Å². The third-order valence-corrected chi connectivity index (χ3v) is 3.84. The number of hydrogen-bond donors (Lipinski definition) is 2. The molecule has 2 aromatic carbocycles. The molecule has 0 fully saturated rings. The third kappa shape index (κ3) is 4.48. The van der Waals surface area contributed by atoms with Crippen molar-refractivity contribution in [3.63, 3.8) is 0 Å². The number of amides is 2. The minimum absolute atomic E-state index is 0.0766. The number of nitriles is 1. The van der Waals surface area contributed by atoms with Gasteiger partial charge in [-0.05, 0) is 36.4 Å². The van der Waals surface area contributed by atoms with Crippen molar-refractivity contribution in [2.45, 2.75) is 6.04 Å². The number of anilines is 1. The molecule has 2 N–H and O–H groups in total. The number of para-hydroxylation sites is 1. The zero-order valence-electron chi connectivity index (χ0n) is 14.9. The fraction of sp³-hybridized carbons (Fsp3) is 0.105. The van der Waals surface area contributed by atoms with Crippen LogP contribution in [-0.2, 0) is 9.59 Å². The summed E-state index contributed by atoms with van der Waals surface area (Å²) >= 11 is 0. The molecule has 144 valence electrons. The first kappa shape index (κ1) is 19.4. The number of carboxylic acids is 1. The molecule has 0 bridgehead atoms. The Morgan fingerprint density at radius 2 is 1.86 bits per heavy atom. The van der Waals surface area contributed by atoms with Crippen molar-refractivity contribution in [2.24, 2.45) is 15.3 Å². The van der Waals surface area contributed by atoms with Gasteiger partial charge in [0.05, 0.1) is 11.4 Å². The second-order valence-electron chi connectivity index (χ2n) is 5.82. The van der Waals surface area contributed by atoms with E-state index < -0.39 is 30.4 Å². The summed E-state index contributed by atoms with van der Waals surface area (Å²) in [6.07, 6.45) is 0. The van der Waals surface area contributed by atoms with Gasteiger partial charge in [-0.15, -0.1) is 0 Å². The van der Waals surface area contributed by atoms with Crippen molar-refractivity contribution in [1.82, 2.24) is 5.32 Å². The van der Waals surface area contributed by atoms with Crippen LogP contribution in [0.1, 0.15) is 10.4 Å². The molecule has 1 aliphatic heterocycles. The number of hydrazone groups is 1. The van der Waals surface area contributed by atoms with Crippen LogP contribution in [0.4, 0.5) is 11.4 Å². The summed E-state index contributed by atoms with van der Waals surface area (Å²) in [6, 6.07) is 15.2. The SMILES string of the molecule is N#CC1=NN(c2ccccc2)C(=O)C1N=Nc1ccc(C(=O)NCC(=O)O)cc1. The maximum Gasteiger partial charge on any atom is 0.322 e. The molecular formula is C19H14N6O4. The van der Waals surface area contributed by atoms with Crippen LogP contribution in [-0.4, -0.2) is 41.2 Å². The predicted molar refractivity (Wildman–Crippen MR) is 102 cm³/mol. The van der Waals surface area contributed by atoms with Gasteiger partial charge in [-0.3, -0.25) is 14.4 Å². The van der Waals surface area contributed by atoms with E-state index in [-0.39, 0.29) is 11.3 Å². The minimum Gasteiger partial charge on any atom is -0.480 e. The highest BCUT2D eigenvalue weighted by Crippen LogP contribution is 2.23. The summed E-state index contributed by atoms with van der Waals surface area (Å²) in [7, 11) is 0. The van der Waals surface area contributed by atoms with Gasteiger partial charge in [-0.2, -0.15) is 25.6 Å². The number of nitrogens with zero attached hydrogens (tertiary/aromatic N) is 5. The number of carbonyl (C=O) groups is 3. The van der Waals surface area contributed by atoms with Crippen LogP contribution < -0.4 is 10.3 Å². The first-order chi connectivity index (χ1) is 14.0. The summed E-state index contributed by atoms with van der Waals surface area (Å²) < 4.78 is 0. The molecule has 3 rings (SSSR count). The number of carbonyl (C=O) groups excluding carboxylic acids is 2. The molecule has 10 nitrogen and oxygen atoms in total. The van der Waals surface area contributed by atoms with E-state index in [1.54, 1.807) is 30.3 Å². The first-order valence-electron chi connectivity index (χ1n) is 8.38. The van der Waals surface area contributed by atoms with Crippen molar-refractivity contribution < 1.29 is 19.5 Å². The van der Waals surface area contributed by atoms with Crippen molar-refractivity contribution in [3.8, 4) is 6.07 Å². The number of carboxylic acid groups (broad SMARTS) is 1. The van der Waals surface area contributed by atoms with Gasteiger partial charge in [-0.1, -0.05) is 18.2 Å². The van der Waals surface area contributed by atoms with E-state index in [2.05, 4.69) is 20.6 Å². The van der Waals surface area contributed by atoms with E-state index in [0.717, 1.165) is 5.01 Å². The summed E-state index contributed by atoms with van der Waals surface area (Å²) in [6.45, 7) is -0.488. The Labute approximate surface area is 164 Å². The molecule has 10 heteroatoms. The maximum absolute atomic E-state index is 12.6. The topological polar surface area (TPSA) is 148 Å². The molecule has 1 atom stereocenters. The molecule has 2 amide bonds. The highest BCUT2D eigenvalue weighted by atomic mass is 16.4. The van der Waals surface area contributed by atoms with Crippen molar-refractivity contribution in [3.05, 3.63) is 60.2 Å². The number of benzene rings is 2. The third-order valence-electron chi connectivity index (χ3n) is 3.84. The highest BCUT2D eigenvalue weighted by molar-refractivity contribution is 6.24. The quantitative estimate of drug-likeness (QED) is 0.723. The van der Waals surface area contributed by atoms with Crippen LogP contribution in [0.5, 0.6) is 0 Å². The molecule has 1 aliphatic rings. The molecule has 0 aromatic heterocycles. The molecule has 0 radical (unpaired) electrons. The Hall–Kier alpha value is -4.39. The molecule has 0 saturated heterocycles. The van der Waals surface area contributed by atoms with Gasteiger partial charge in [0, 0.05) is 5.56 Å². The predicted octanol–water partition coefficient (Wildman–Crippen LogP) is 1.88. The average molecular weight is 390 g/mol. The Kier molecular flexibility index (Phi) is 5.70. The fourth-order valence-electron chi connectivity index (χ4n) is 2.45.